The van der Waals surface area contributed by atoms with Gasteiger partial charge in [-0.15, -0.1) is 0 Å². The molecule has 0 radical (unpaired) electrons. The third-order valence-electron chi connectivity index (χ3n) is 3.46. The van der Waals surface area contributed by atoms with Crippen LogP contribution in [0.2, 0.25) is 0 Å². The molecule has 0 saturated heterocycles. The Morgan fingerprint density at radius 3 is 2.83 bits per heavy atom. The van der Waals surface area contributed by atoms with Crippen LogP contribution in [0.3, 0.4) is 0 Å². The van der Waals surface area contributed by atoms with Crippen LogP contribution in [0.5, 0.6) is 0 Å². The fraction of sp³-hybridized carbons (Fsp3) is 0.385. The number of H-pyrrole nitrogens is 2. The van der Waals surface area contributed by atoms with E-state index < -0.39 is 0 Å². The third-order valence-corrected chi connectivity index (χ3v) is 3.46. The van der Waals surface area contributed by atoms with Crippen LogP contribution >= 0.6 is 0 Å². The lowest BCUT2D eigenvalue weighted by Gasteiger charge is -2.07. The van der Waals surface area contributed by atoms with Gasteiger partial charge in [0.15, 0.2) is 0 Å². The number of nitrogens with one attached hydrogen (secondary N) is 3. The van der Waals surface area contributed by atoms with Crippen molar-refractivity contribution in [3.05, 3.63) is 34.2 Å². The maximum Gasteiger partial charge on any atom is 0.323 e. The van der Waals surface area contributed by atoms with Crippen LogP contribution in [0.4, 0.5) is 0 Å². The molecule has 3 N–H and O–H groups in total. The summed E-state index contributed by atoms with van der Waals surface area (Å²) in [4.78, 5) is 16.6. The average molecular weight is 242 g/mol. The van der Waals surface area contributed by atoms with E-state index in [4.69, 9.17) is 5.26 Å². The zero-order valence-electron chi connectivity index (χ0n) is 9.92. The standard InChI is InChI=1S/C13H14N4O/c14-7-13(3-4-13)8-15-6-9-1-2-10-11(5-9)17-12(18)16-10/h1-2,5,15H,3-4,6,8H2,(H2,16,17,18). The highest BCUT2D eigenvalue weighted by molar-refractivity contribution is 5.74. The molecule has 0 spiro atoms. The summed E-state index contributed by atoms with van der Waals surface area (Å²) in [6.07, 6.45) is 2.00. The van der Waals surface area contributed by atoms with Crippen molar-refractivity contribution in [1.82, 2.24) is 15.3 Å². The van der Waals surface area contributed by atoms with Gasteiger partial charge in [-0.25, -0.2) is 4.79 Å². The van der Waals surface area contributed by atoms with Crippen LogP contribution in [0.25, 0.3) is 11.0 Å². The van der Waals surface area contributed by atoms with Crippen LogP contribution in [0, 0.1) is 16.7 Å². The molecule has 2 aromatic rings. The van der Waals surface area contributed by atoms with Crippen molar-refractivity contribution in [1.29, 1.82) is 5.26 Å². The molecule has 0 amide bonds. The summed E-state index contributed by atoms with van der Waals surface area (Å²) >= 11 is 0. The molecule has 1 aromatic heterocycles. The second-order valence-corrected chi connectivity index (χ2v) is 4.95. The van der Waals surface area contributed by atoms with Gasteiger partial charge in [0, 0.05) is 13.1 Å². The SMILES string of the molecule is N#CC1(CNCc2ccc3[nH]c(=O)[nH]c3c2)CC1. The van der Waals surface area contributed by atoms with Gasteiger partial charge in [-0.3, -0.25) is 0 Å². The lowest BCUT2D eigenvalue weighted by Crippen LogP contribution is -2.22. The lowest BCUT2D eigenvalue weighted by molar-refractivity contribution is 0.558. The number of fused-ring (bicyclic) bond motifs is 1. The number of hydrogen-bond acceptors (Lipinski definition) is 3. The zero-order chi connectivity index (χ0) is 12.6. The fourth-order valence-electron chi connectivity index (χ4n) is 2.11. The van der Waals surface area contributed by atoms with Gasteiger partial charge in [0.25, 0.3) is 0 Å². The molecule has 5 nitrogen and oxygen atoms in total. The van der Waals surface area contributed by atoms with Crippen molar-refractivity contribution in [2.45, 2.75) is 19.4 Å². The molecular formula is C13H14N4O. The molecular weight excluding hydrogens is 228 g/mol. The van der Waals surface area contributed by atoms with E-state index in [0.717, 1.165) is 36.0 Å². The summed E-state index contributed by atoms with van der Waals surface area (Å²) in [6.45, 7) is 1.46. The van der Waals surface area contributed by atoms with Gasteiger partial charge >= 0.3 is 5.69 Å². The highest BCUT2D eigenvalue weighted by Crippen LogP contribution is 2.44. The molecule has 18 heavy (non-hydrogen) atoms. The molecule has 0 unspecified atom stereocenters. The Hall–Kier alpha value is -2.06. The zero-order valence-corrected chi connectivity index (χ0v) is 9.92. The Morgan fingerprint density at radius 2 is 2.11 bits per heavy atom. The average Bonchev–Trinajstić information content (AvgIpc) is 3.04. The van der Waals surface area contributed by atoms with Gasteiger partial charge in [0.05, 0.1) is 22.5 Å². The second-order valence-electron chi connectivity index (χ2n) is 4.95. The number of nitriles is 1. The fourth-order valence-corrected chi connectivity index (χ4v) is 2.11. The molecule has 1 saturated carbocycles. The van der Waals surface area contributed by atoms with Crippen molar-refractivity contribution < 1.29 is 0 Å². The first-order chi connectivity index (χ1) is 8.71. The molecule has 1 heterocycles. The van der Waals surface area contributed by atoms with Crippen LogP contribution < -0.4 is 11.0 Å². The van der Waals surface area contributed by atoms with Crippen molar-refractivity contribution in [2.24, 2.45) is 5.41 Å². The molecule has 92 valence electrons. The van der Waals surface area contributed by atoms with Crippen LogP contribution in [-0.2, 0) is 6.54 Å². The molecule has 5 heteroatoms. The van der Waals surface area contributed by atoms with E-state index >= 15 is 0 Å². The molecule has 1 aliphatic carbocycles. The molecule has 1 fully saturated rings. The Bertz CT molecular complexity index is 672. The van der Waals surface area contributed by atoms with E-state index in [1.54, 1.807) is 0 Å². The summed E-state index contributed by atoms with van der Waals surface area (Å²) in [7, 11) is 0. The molecule has 1 aliphatic rings. The lowest BCUT2D eigenvalue weighted by atomic mass is 10.1. The van der Waals surface area contributed by atoms with E-state index in [2.05, 4.69) is 21.4 Å². The van der Waals surface area contributed by atoms with Gasteiger partial charge in [-0.05, 0) is 30.5 Å². The van der Waals surface area contributed by atoms with E-state index in [1.165, 1.54) is 0 Å². The predicted molar refractivity (Wildman–Crippen MR) is 67.9 cm³/mol. The Kier molecular flexibility index (Phi) is 2.46. The first-order valence-corrected chi connectivity index (χ1v) is 6.04. The van der Waals surface area contributed by atoms with E-state index in [1.807, 2.05) is 18.2 Å². The van der Waals surface area contributed by atoms with E-state index in [-0.39, 0.29) is 11.1 Å². The second kappa shape index (κ2) is 4.00. The number of aromatic nitrogens is 2. The first-order valence-electron chi connectivity index (χ1n) is 6.04. The largest absolute Gasteiger partial charge is 0.323 e. The van der Waals surface area contributed by atoms with Crippen molar-refractivity contribution in [3.63, 3.8) is 0 Å². The minimum Gasteiger partial charge on any atom is -0.311 e. The predicted octanol–water partition coefficient (Wildman–Crippen LogP) is 1.25. The van der Waals surface area contributed by atoms with Gasteiger partial charge in [-0.2, -0.15) is 5.26 Å². The maximum absolute atomic E-state index is 11.1. The highest BCUT2D eigenvalue weighted by Gasteiger charge is 2.42. The minimum absolute atomic E-state index is 0.119. The monoisotopic (exact) mass is 242 g/mol. The van der Waals surface area contributed by atoms with Gasteiger partial charge in [0.2, 0.25) is 0 Å². The summed E-state index contributed by atoms with van der Waals surface area (Å²) in [5.74, 6) is 0. The maximum atomic E-state index is 11.1. The summed E-state index contributed by atoms with van der Waals surface area (Å²) in [5.41, 5.74) is 2.44. The van der Waals surface area contributed by atoms with Crippen molar-refractivity contribution >= 4 is 11.0 Å². The molecule has 3 rings (SSSR count). The molecule has 0 atom stereocenters. The summed E-state index contributed by atoms with van der Waals surface area (Å²) in [6, 6.07) is 8.17. The summed E-state index contributed by atoms with van der Waals surface area (Å²) < 4.78 is 0. The number of benzene rings is 1. The minimum atomic E-state index is -0.184. The Balaban J connectivity index is 1.67. The molecule has 0 bridgehead atoms. The number of hydrogen-bond donors (Lipinski definition) is 3. The molecule has 0 aliphatic heterocycles. The highest BCUT2D eigenvalue weighted by atomic mass is 16.1. The third kappa shape index (κ3) is 2.03. The first kappa shape index (κ1) is 11.1. The van der Waals surface area contributed by atoms with Gasteiger partial charge in [0.1, 0.15) is 0 Å². The molecule has 1 aromatic carbocycles. The van der Waals surface area contributed by atoms with E-state index in [9.17, 15) is 4.79 Å². The quantitative estimate of drug-likeness (QED) is 0.754. The van der Waals surface area contributed by atoms with Gasteiger partial charge < -0.3 is 15.3 Å². The number of aromatic amines is 2. The van der Waals surface area contributed by atoms with Crippen molar-refractivity contribution in [3.8, 4) is 6.07 Å². The smallest absolute Gasteiger partial charge is 0.311 e. The van der Waals surface area contributed by atoms with Gasteiger partial charge in [-0.1, -0.05) is 6.07 Å². The topological polar surface area (TPSA) is 84.5 Å². The van der Waals surface area contributed by atoms with Crippen LogP contribution in [0.15, 0.2) is 23.0 Å². The number of nitrogens with zero attached hydrogens (tertiary/aromatic N) is 1. The number of rotatable bonds is 4. The summed E-state index contributed by atoms with van der Waals surface area (Å²) in [5, 5.41) is 12.3. The normalized spacial score (nSPS) is 16.6. The van der Waals surface area contributed by atoms with Crippen LogP contribution in [-0.4, -0.2) is 16.5 Å². The van der Waals surface area contributed by atoms with E-state index in [0.29, 0.717) is 6.54 Å². The number of imidazole rings is 1. The Labute approximate surface area is 104 Å². The Morgan fingerprint density at radius 1 is 1.33 bits per heavy atom. The van der Waals surface area contributed by atoms with Crippen molar-refractivity contribution in [2.75, 3.05) is 6.54 Å². The van der Waals surface area contributed by atoms with Crippen LogP contribution in [0.1, 0.15) is 18.4 Å².